The standard InChI is InChI=1S/C12H11BrN2O/c13-9-4-5-11-8(6-9)7-14-15(12(11)16)10-2-1-3-10/h4-7,10H,1-3H2. The summed E-state index contributed by atoms with van der Waals surface area (Å²) in [5.74, 6) is 0. The van der Waals surface area contributed by atoms with Crippen LogP contribution in [-0.4, -0.2) is 9.78 Å². The van der Waals surface area contributed by atoms with Crippen molar-refractivity contribution in [3.05, 3.63) is 39.2 Å². The number of hydrogen-bond acceptors (Lipinski definition) is 2. The molecular formula is C12H11BrN2O. The third-order valence-corrected chi connectivity index (χ3v) is 3.69. The van der Waals surface area contributed by atoms with E-state index in [9.17, 15) is 4.79 Å². The molecule has 1 fully saturated rings. The van der Waals surface area contributed by atoms with Gasteiger partial charge in [-0.25, -0.2) is 4.68 Å². The van der Waals surface area contributed by atoms with Crippen molar-refractivity contribution in [2.45, 2.75) is 25.3 Å². The van der Waals surface area contributed by atoms with Gasteiger partial charge in [-0.3, -0.25) is 4.79 Å². The van der Waals surface area contributed by atoms with Crippen molar-refractivity contribution < 1.29 is 0 Å². The number of benzene rings is 1. The first kappa shape index (κ1) is 10.0. The van der Waals surface area contributed by atoms with Gasteiger partial charge in [-0.1, -0.05) is 15.9 Å². The van der Waals surface area contributed by atoms with Gasteiger partial charge in [-0.2, -0.15) is 5.10 Å². The van der Waals surface area contributed by atoms with Crippen LogP contribution < -0.4 is 5.56 Å². The number of aromatic nitrogens is 2. The van der Waals surface area contributed by atoms with E-state index in [1.54, 1.807) is 10.9 Å². The Morgan fingerprint density at radius 2 is 2.19 bits per heavy atom. The van der Waals surface area contributed by atoms with E-state index in [4.69, 9.17) is 0 Å². The summed E-state index contributed by atoms with van der Waals surface area (Å²) in [4.78, 5) is 12.2. The molecule has 16 heavy (non-hydrogen) atoms. The lowest BCUT2D eigenvalue weighted by molar-refractivity contribution is 0.280. The molecule has 82 valence electrons. The van der Waals surface area contributed by atoms with Crippen molar-refractivity contribution in [1.29, 1.82) is 0 Å². The Morgan fingerprint density at radius 3 is 2.88 bits per heavy atom. The molecule has 1 aromatic carbocycles. The van der Waals surface area contributed by atoms with Crippen LogP contribution in [0.25, 0.3) is 10.8 Å². The normalized spacial score (nSPS) is 16.3. The average molecular weight is 279 g/mol. The summed E-state index contributed by atoms with van der Waals surface area (Å²) in [6, 6.07) is 6.00. The topological polar surface area (TPSA) is 34.9 Å². The number of nitrogens with zero attached hydrogens (tertiary/aromatic N) is 2. The Balaban J connectivity index is 2.23. The molecule has 0 amide bonds. The summed E-state index contributed by atoms with van der Waals surface area (Å²) in [7, 11) is 0. The molecule has 0 atom stereocenters. The van der Waals surface area contributed by atoms with E-state index in [2.05, 4.69) is 21.0 Å². The van der Waals surface area contributed by atoms with Gasteiger partial charge in [0.2, 0.25) is 0 Å². The SMILES string of the molecule is O=c1c2ccc(Br)cc2cnn1C1CCC1. The molecule has 2 aromatic rings. The lowest BCUT2D eigenvalue weighted by Gasteiger charge is -2.26. The molecule has 0 spiro atoms. The Labute approximate surface area is 101 Å². The zero-order valence-corrected chi connectivity index (χ0v) is 10.3. The highest BCUT2D eigenvalue weighted by molar-refractivity contribution is 9.10. The van der Waals surface area contributed by atoms with Crippen molar-refractivity contribution in [3.63, 3.8) is 0 Å². The molecule has 0 bridgehead atoms. The summed E-state index contributed by atoms with van der Waals surface area (Å²) in [6.07, 6.45) is 5.14. The van der Waals surface area contributed by atoms with E-state index in [1.165, 1.54) is 6.42 Å². The van der Waals surface area contributed by atoms with Crippen LogP contribution in [0.3, 0.4) is 0 Å². The van der Waals surface area contributed by atoms with Crippen LogP contribution in [-0.2, 0) is 0 Å². The van der Waals surface area contributed by atoms with Crippen molar-refractivity contribution in [3.8, 4) is 0 Å². The number of halogens is 1. The molecule has 1 aliphatic carbocycles. The van der Waals surface area contributed by atoms with E-state index in [0.717, 1.165) is 28.1 Å². The largest absolute Gasteiger partial charge is 0.274 e. The Bertz CT molecular complexity index is 601. The second-order valence-corrected chi connectivity index (χ2v) is 5.13. The van der Waals surface area contributed by atoms with Crippen LogP contribution in [0, 0.1) is 0 Å². The summed E-state index contributed by atoms with van der Waals surface area (Å²) >= 11 is 3.39. The van der Waals surface area contributed by atoms with E-state index in [0.29, 0.717) is 6.04 Å². The maximum atomic E-state index is 12.2. The number of fused-ring (bicyclic) bond motifs is 1. The molecule has 1 heterocycles. The smallest absolute Gasteiger partial charge is 0.267 e. The Morgan fingerprint density at radius 1 is 1.38 bits per heavy atom. The van der Waals surface area contributed by atoms with Crippen LogP contribution >= 0.6 is 15.9 Å². The zero-order valence-electron chi connectivity index (χ0n) is 8.69. The Hall–Kier alpha value is -1.16. The first-order valence-corrected chi connectivity index (χ1v) is 6.22. The molecule has 0 saturated heterocycles. The highest BCUT2D eigenvalue weighted by atomic mass is 79.9. The monoisotopic (exact) mass is 278 g/mol. The van der Waals surface area contributed by atoms with Gasteiger partial charge in [0.15, 0.2) is 0 Å². The van der Waals surface area contributed by atoms with Crippen molar-refractivity contribution >= 4 is 26.7 Å². The summed E-state index contributed by atoms with van der Waals surface area (Å²) in [5.41, 5.74) is 0.0368. The zero-order chi connectivity index (χ0) is 11.1. The third-order valence-electron chi connectivity index (χ3n) is 3.19. The van der Waals surface area contributed by atoms with Gasteiger partial charge in [-0.05, 0) is 37.5 Å². The third kappa shape index (κ3) is 1.48. The molecular weight excluding hydrogens is 268 g/mol. The van der Waals surface area contributed by atoms with Crippen LogP contribution in [0.4, 0.5) is 0 Å². The van der Waals surface area contributed by atoms with Crippen molar-refractivity contribution in [2.75, 3.05) is 0 Å². The first-order valence-electron chi connectivity index (χ1n) is 5.43. The highest BCUT2D eigenvalue weighted by Gasteiger charge is 2.21. The fourth-order valence-corrected chi connectivity index (χ4v) is 2.41. The van der Waals surface area contributed by atoms with Gasteiger partial charge in [0, 0.05) is 9.86 Å². The lowest BCUT2D eigenvalue weighted by Crippen LogP contribution is -2.30. The molecule has 4 heteroatoms. The second-order valence-electron chi connectivity index (χ2n) is 4.21. The molecule has 1 saturated carbocycles. The van der Waals surface area contributed by atoms with Crippen molar-refractivity contribution in [2.24, 2.45) is 0 Å². The van der Waals surface area contributed by atoms with Gasteiger partial charge < -0.3 is 0 Å². The summed E-state index contributed by atoms with van der Waals surface area (Å²) < 4.78 is 2.61. The molecule has 1 aromatic heterocycles. The van der Waals surface area contributed by atoms with E-state index >= 15 is 0 Å². The lowest BCUT2D eigenvalue weighted by atomic mass is 9.93. The van der Waals surface area contributed by atoms with Crippen molar-refractivity contribution in [1.82, 2.24) is 9.78 Å². The van der Waals surface area contributed by atoms with Gasteiger partial charge >= 0.3 is 0 Å². The fraction of sp³-hybridized carbons (Fsp3) is 0.333. The predicted molar refractivity (Wildman–Crippen MR) is 66.6 cm³/mol. The van der Waals surface area contributed by atoms with Gasteiger partial charge in [0.1, 0.15) is 0 Å². The van der Waals surface area contributed by atoms with E-state index in [1.807, 2.05) is 18.2 Å². The molecule has 0 N–H and O–H groups in total. The minimum atomic E-state index is 0.0368. The quantitative estimate of drug-likeness (QED) is 0.804. The number of hydrogen-bond donors (Lipinski definition) is 0. The molecule has 0 aliphatic heterocycles. The first-order chi connectivity index (χ1) is 7.75. The molecule has 3 rings (SSSR count). The maximum Gasteiger partial charge on any atom is 0.274 e. The average Bonchev–Trinajstić information content (AvgIpc) is 2.19. The van der Waals surface area contributed by atoms with Crippen LogP contribution in [0.5, 0.6) is 0 Å². The highest BCUT2D eigenvalue weighted by Crippen LogP contribution is 2.29. The second kappa shape index (κ2) is 3.70. The maximum absolute atomic E-state index is 12.2. The van der Waals surface area contributed by atoms with E-state index < -0.39 is 0 Å². The molecule has 3 nitrogen and oxygen atoms in total. The Kier molecular flexibility index (Phi) is 2.32. The van der Waals surface area contributed by atoms with Crippen LogP contribution in [0.1, 0.15) is 25.3 Å². The molecule has 0 unspecified atom stereocenters. The fourth-order valence-electron chi connectivity index (χ4n) is 2.03. The van der Waals surface area contributed by atoms with Gasteiger partial charge in [0.25, 0.3) is 5.56 Å². The predicted octanol–water partition coefficient (Wildman–Crippen LogP) is 2.88. The van der Waals surface area contributed by atoms with Crippen LogP contribution in [0.15, 0.2) is 33.7 Å². The summed E-state index contributed by atoms with van der Waals surface area (Å²) in [5, 5.41) is 5.91. The van der Waals surface area contributed by atoms with E-state index in [-0.39, 0.29) is 5.56 Å². The number of rotatable bonds is 1. The van der Waals surface area contributed by atoms with Gasteiger partial charge in [-0.15, -0.1) is 0 Å². The minimum absolute atomic E-state index is 0.0368. The van der Waals surface area contributed by atoms with Gasteiger partial charge in [0.05, 0.1) is 17.6 Å². The van der Waals surface area contributed by atoms with Crippen LogP contribution in [0.2, 0.25) is 0 Å². The molecule has 0 radical (unpaired) electrons. The summed E-state index contributed by atoms with van der Waals surface area (Å²) in [6.45, 7) is 0. The minimum Gasteiger partial charge on any atom is -0.267 e. The molecule has 1 aliphatic rings.